The van der Waals surface area contributed by atoms with Crippen LogP contribution in [0.15, 0.2) is 34.5 Å². The van der Waals surface area contributed by atoms with Crippen molar-refractivity contribution in [1.29, 1.82) is 0 Å². The summed E-state index contributed by atoms with van der Waals surface area (Å²) in [5.41, 5.74) is 0.619. The van der Waals surface area contributed by atoms with E-state index in [2.05, 4.69) is 4.74 Å². The maximum Gasteiger partial charge on any atom is 0.333 e. The van der Waals surface area contributed by atoms with Gasteiger partial charge in [0.1, 0.15) is 5.76 Å². The van der Waals surface area contributed by atoms with Crippen LogP contribution in [-0.2, 0) is 16.1 Å². The van der Waals surface area contributed by atoms with Crippen LogP contribution in [0, 0.1) is 0 Å². The maximum atomic E-state index is 11.1. The van der Waals surface area contributed by atoms with Crippen LogP contribution in [0.1, 0.15) is 12.7 Å². The molecule has 0 fully saturated rings. The fraction of sp³-hybridized carbons (Fsp3) is 0.417. The molecule has 16 heavy (non-hydrogen) atoms. The predicted octanol–water partition coefficient (Wildman–Crippen LogP) is 1.83. The lowest BCUT2D eigenvalue weighted by Gasteiger charge is -2.12. The fourth-order valence-electron chi connectivity index (χ4n) is 1.27. The lowest BCUT2D eigenvalue weighted by molar-refractivity contribution is -0.136. The van der Waals surface area contributed by atoms with Crippen molar-refractivity contribution in [3.8, 4) is 0 Å². The van der Waals surface area contributed by atoms with Gasteiger partial charge in [0.25, 0.3) is 0 Å². The van der Waals surface area contributed by atoms with E-state index in [1.807, 2.05) is 30.2 Å². The van der Waals surface area contributed by atoms with E-state index in [1.165, 1.54) is 7.11 Å². The third-order valence-corrected chi connectivity index (χ3v) is 2.22. The Hall–Kier alpha value is -1.55. The van der Waals surface area contributed by atoms with Crippen LogP contribution in [0.5, 0.6) is 0 Å². The molecule has 0 aliphatic heterocycles. The molecule has 0 spiro atoms. The molecule has 4 nitrogen and oxygen atoms in total. The standard InChI is InChI=1S/C12H17NO3/c1-10(12(14)15-3)6-7-13(2)9-11-5-4-8-16-11/h4-6,8H,7,9H2,1-3H3. The van der Waals surface area contributed by atoms with Crippen LogP contribution >= 0.6 is 0 Å². The van der Waals surface area contributed by atoms with Crippen molar-refractivity contribution in [3.05, 3.63) is 35.8 Å². The lowest BCUT2D eigenvalue weighted by atomic mass is 10.3. The summed E-state index contributed by atoms with van der Waals surface area (Å²) in [7, 11) is 3.34. The molecule has 1 aromatic rings. The van der Waals surface area contributed by atoms with Gasteiger partial charge in [-0.2, -0.15) is 0 Å². The number of nitrogens with zero attached hydrogens (tertiary/aromatic N) is 1. The molecule has 1 rings (SSSR count). The van der Waals surface area contributed by atoms with Gasteiger partial charge in [0.15, 0.2) is 0 Å². The minimum absolute atomic E-state index is 0.286. The molecule has 0 unspecified atom stereocenters. The second-order valence-electron chi connectivity index (χ2n) is 3.65. The Balaban J connectivity index is 2.40. The Morgan fingerprint density at radius 2 is 2.38 bits per heavy atom. The first-order chi connectivity index (χ1) is 7.63. The number of methoxy groups -OCH3 is 1. The van der Waals surface area contributed by atoms with E-state index in [-0.39, 0.29) is 5.97 Å². The van der Waals surface area contributed by atoms with Gasteiger partial charge < -0.3 is 9.15 Å². The first kappa shape index (κ1) is 12.5. The van der Waals surface area contributed by atoms with Gasteiger partial charge in [-0.15, -0.1) is 0 Å². The van der Waals surface area contributed by atoms with Crippen LogP contribution in [0.3, 0.4) is 0 Å². The number of ether oxygens (including phenoxy) is 1. The summed E-state index contributed by atoms with van der Waals surface area (Å²) in [4.78, 5) is 13.2. The SMILES string of the molecule is COC(=O)C(C)=CCN(C)Cc1ccco1. The minimum atomic E-state index is -0.286. The van der Waals surface area contributed by atoms with Gasteiger partial charge in [-0.25, -0.2) is 4.79 Å². The number of carbonyl (C=O) groups is 1. The quantitative estimate of drug-likeness (QED) is 0.564. The van der Waals surface area contributed by atoms with Gasteiger partial charge in [0.2, 0.25) is 0 Å². The van der Waals surface area contributed by atoms with Crippen molar-refractivity contribution >= 4 is 5.97 Å². The van der Waals surface area contributed by atoms with E-state index in [4.69, 9.17) is 4.42 Å². The largest absolute Gasteiger partial charge is 0.468 e. The molecule has 1 heterocycles. The van der Waals surface area contributed by atoms with Gasteiger partial charge >= 0.3 is 5.97 Å². The third-order valence-electron chi connectivity index (χ3n) is 2.22. The number of rotatable bonds is 5. The van der Waals surface area contributed by atoms with E-state index < -0.39 is 0 Å². The zero-order valence-electron chi connectivity index (χ0n) is 9.90. The average molecular weight is 223 g/mol. The van der Waals surface area contributed by atoms with Gasteiger partial charge in [0, 0.05) is 12.1 Å². The Labute approximate surface area is 95.5 Å². The molecule has 88 valence electrons. The molecule has 0 aromatic carbocycles. The summed E-state index contributed by atoms with van der Waals surface area (Å²) < 4.78 is 9.83. The molecule has 0 aliphatic rings. The van der Waals surface area contributed by atoms with Crippen molar-refractivity contribution in [2.24, 2.45) is 0 Å². The second kappa shape index (κ2) is 6.12. The zero-order valence-corrected chi connectivity index (χ0v) is 9.90. The Morgan fingerprint density at radius 1 is 1.62 bits per heavy atom. The molecule has 0 N–H and O–H groups in total. The first-order valence-electron chi connectivity index (χ1n) is 5.09. The molecule has 0 saturated carbocycles. The van der Waals surface area contributed by atoms with E-state index in [1.54, 1.807) is 13.2 Å². The van der Waals surface area contributed by atoms with E-state index in [0.29, 0.717) is 12.1 Å². The number of likely N-dealkylation sites (N-methyl/N-ethyl adjacent to an activating group) is 1. The van der Waals surface area contributed by atoms with Crippen LogP contribution in [0.25, 0.3) is 0 Å². The lowest BCUT2D eigenvalue weighted by Crippen LogP contribution is -2.18. The normalized spacial score (nSPS) is 11.9. The molecular weight excluding hydrogens is 206 g/mol. The highest BCUT2D eigenvalue weighted by molar-refractivity contribution is 5.87. The number of hydrogen-bond acceptors (Lipinski definition) is 4. The number of carbonyl (C=O) groups excluding carboxylic acids is 1. The molecule has 0 bridgehead atoms. The highest BCUT2D eigenvalue weighted by Gasteiger charge is 2.04. The summed E-state index contributed by atoms with van der Waals surface area (Å²) in [6.07, 6.45) is 3.49. The van der Waals surface area contributed by atoms with Crippen LogP contribution in [-0.4, -0.2) is 31.6 Å². The van der Waals surface area contributed by atoms with E-state index >= 15 is 0 Å². The summed E-state index contributed by atoms with van der Waals surface area (Å²) in [6.45, 7) is 3.14. The van der Waals surface area contributed by atoms with Crippen LogP contribution in [0.2, 0.25) is 0 Å². The van der Waals surface area contributed by atoms with E-state index in [0.717, 1.165) is 12.3 Å². The molecule has 4 heteroatoms. The number of hydrogen-bond donors (Lipinski definition) is 0. The summed E-state index contributed by atoms with van der Waals surface area (Å²) in [5, 5.41) is 0. The van der Waals surface area contributed by atoms with Crippen molar-refractivity contribution in [3.63, 3.8) is 0 Å². The Bertz CT molecular complexity index is 354. The van der Waals surface area contributed by atoms with Gasteiger partial charge in [-0.3, -0.25) is 4.90 Å². The molecule has 0 saturated heterocycles. The van der Waals surface area contributed by atoms with Crippen LogP contribution in [0.4, 0.5) is 0 Å². The zero-order chi connectivity index (χ0) is 12.0. The monoisotopic (exact) mass is 223 g/mol. The topological polar surface area (TPSA) is 42.7 Å². The molecule has 0 atom stereocenters. The number of furan rings is 1. The average Bonchev–Trinajstić information content (AvgIpc) is 2.77. The Kier molecular flexibility index (Phi) is 4.79. The Morgan fingerprint density at radius 3 is 2.94 bits per heavy atom. The van der Waals surface area contributed by atoms with Crippen molar-refractivity contribution in [1.82, 2.24) is 4.90 Å². The molecule has 0 radical (unpaired) electrons. The molecular formula is C12H17NO3. The summed E-state index contributed by atoms with van der Waals surface area (Å²) in [5.74, 6) is 0.623. The predicted molar refractivity (Wildman–Crippen MR) is 60.8 cm³/mol. The van der Waals surface area contributed by atoms with Gasteiger partial charge in [0.05, 0.1) is 19.9 Å². The van der Waals surface area contributed by atoms with Crippen molar-refractivity contribution in [2.75, 3.05) is 20.7 Å². The minimum Gasteiger partial charge on any atom is -0.468 e. The smallest absolute Gasteiger partial charge is 0.333 e. The molecule has 0 amide bonds. The third kappa shape index (κ3) is 3.90. The van der Waals surface area contributed by atoms with Crippen LogP contribution < -0.4 is 0 Å². The van der Waals surface area contributed by atoms with Crippen molar-refractivity contribution < 1.29 is 13.9 Å². The van der Waals surface area contributed by atoms with Gasteiger partial charge in [-0.1, -0.05) is 6.08 Å². The summed E-state index contributed by atoms with van der Waals surface area (Å²) >= 11 is 0. The highest BCUT2D eigenvalue weighted by Crippen LogP contribution is 2.04. The molecule has 0 aliphatic carbocycles. The van der Waals surface area contributed by atoms with E-state index in [9.17, 15) is 4.79 Å². The van der Waals surface area contributed by atoms with Crippen molar-refractivity contribution in [2.45, 2.75) is 13.5 Å². The second-order valence-corrected chi connectivity index (χ2v) is 3.65. The number of esters is 1. The maximum absolute atomic E-state index is 11.1. The highest BCUT2D eigenvalue weighted by atomic mass is 16.5. The van der Waals surface area contributed by atoms with Gasteiger partial charge in [-0.05, 0) is 26.1 Å². The first-order valence-corrected chi connectivity index (χ1v) is 5.09. The fourth-order valence-corrected chi connectivity index (χ4v) is 1.27. The molecule has 1 aromatic heterocycles. The summed E-state index contributed by atoms with van der Waals surface area (Å²) in [6, 6.07) is 3.78.